The van der Waals surface area contributed by atoms with Crippen molar-refractivity contribution >= 4 is 0 Å². The van der Waals surface area contributed by atoms with E-state index in [0.29, 0.717) is 0 Å². The molecule has 0 amide bonds. The van der Waals surface area contributed by atoms with Crippen molar-refractivity contribution in [2.24, 2.45) is 0 Å². The van der Waals surface area contributed by atoms with Crippen LogP contribution in [0.1, 0.15) is 26.2 Å². The summed E-state index contributed by atoms with van der Waals surface area (Å²) < 4.78 is 0. The minimum Gasteiger partial charge on any atom is -0.0917 e. The van der Waals surface area contributed by atoms with E-state index < -0.39 is 0 Å². The van der Waals surface area contributed by atoms with Crippen LogP contribution in [-0.4, -0.2) is 0 Å². The third-order valence-corrected chi connectivity index (χ3v) is 1.07. The SMILES string of the molecule is [CH2]C/C=C/CC/C=C/C. The highest BCUT2D eigenvalue weighted by Crippen LogP contribution is 1.92. The molecule has 51 valence electrons. The molecule has 0 unspecified atom stereocenters. The monoisotopic (exact) mass is 123 g/mol. The normalized spacial score (nSPS) is 11.8. The fraction of sp³-hybridized carbons (Fsp3) is 0.444. The van der Waals surface area contributed by atoms with E-state index in [1.165, 1.54) is 0 Å². The Morgan fingerprint density at radius 3 is 2.33 bits per heavy atom. The van der Waals surface area contributed by atoms with E-state index in [2.05, 4.69) is 31.2 Å². The van der Waals surface area contributed by atoms with Crippen LogP contribution in [-0.2, 0) is 0 Å². The summed E-state index contributed by atoms with van der Waals surface area (Å²) in [6.45, 7) is 5.75. The summed E-state index contributed by atoms with van der Waals surface area (Å²) in [6, 6.07) is 0. The van der Waals surface area contributed by atoms with Crippen molar-refractivity contribution in [1.82, 2.24) is 0 Å². The molecule has 0 aliphatic carbocycles. The number of rotatable bonds is 4. The molecule has 9 heavy (non-hydrogen) atoms. The summed E-state index contributed by atoms with van der Waals surface area (Å²) in [4.78, 5) is 0. The molecule has 0 saturated carbocycles. The maximum Gasteiger partial charge on any atom is -0.0316 e. The molecule has 0 aromatic heterocycles. The van der Waals surface area contributed by atoms with Crippen molar-refractivity contribution in [1.29, 1.82) is 0 Å². The number of hydrogen-bond acceptors (Lipinski definition) is 0. The summed E-state index contributed by atoms with van der Waals surface area (Å²) in [6.07, 6.45) is 11.8. The van der Waals surface area contributed by atoms with Gasteiger partial charge in [0, 0.05) is 0 Å². The van der Waals surface area contributed by atoms with Gasteiger partial charge in [0.25, 0.3) is 0 Å². The van der Waals surface area contributed by atoms with Crippen LogP contribution in [0.25, 0.3) is 0 Å². The first kappa shape index (κ1) is 8.48. The molecular weight excluding hydrogens is 108 g/mol. The molecule has 0 spiro atoms. The highest BCUT2D eigenvalue weighted by atomic mass is 13.8. The van der Waals surface area contributed by atoms with Crippen LogP contribution in [0.4, 0.5) is 0 Å². The molecule has 1 radical (unpaired) electrons. The zero-order chi connectivity index (χ0) is 6.95. The average molecular weight is 123 g/mol. The van der Waals surface area contributed by atoms with Crippen LogP contribution in [0.3, 0.4) is 0 Å². The minimum absolute atomic E-state index is 0.913. The standard InChI is InChI=1S/C9H15/c1-3-5-7-9-8-6-4-2/h4-7H,1,3,8-9H2,2H3/b6-4+,7-5+. The van der Waals surface area contributed by atoms with Gasteiger partial charge >= 0.3 is 0 Å². The summed E-state index contributed by atoms with van der Waals surface area (Å²) in [5.41, 5.74) is 0. The summed E-state index contributed by atoms with van der Waals surface area (Å²) >= 11 is 0. The summed E-state index contributed by atoms with van der Waals surface area (Å²) in [7, 11) is 0. The molecule has 0 aliphatic rings. The maximum atomic E-state index is 3.70. The van der Waals surface area contributed by atoms with Gasteiger partial charge in [0.1, 0.15) is 0 Å². The van der Waals surface area contributed by atoms with E-state index in [1.54, 1.807) is 0 Å². The van der Waals surface area contributed by atoms with Gasteiger partial charge in [0.05, 0.1) is 0 Å². The van der Waals surface area contributed by atoms with Gasteiger partial charge in [-0.15, -0.1) is 0 Å². The molecule has 0 aromatic carbocycles. The molecule has 0 saturated heterocycles. The quantitative estimate of drug-likeness (QED) is 0.398. The van der Waals surface area contributed by atoms with Gasteiger partial charge in [0.15, 0.2) is 0 Å². The second-order valence-corrected chi connectivity index (χ2v) is 1.91. The van der Waals surface area contributed by atoms with Gasteiger partial charge in [-0.05, 0) is 33.1 Å². The Morgan fingerprint density at radius 2 is 1.78 bits per heavy atom. The Hall–Kier alpha value is -0.520. The van der Waals surface area contributed by atoms with E-state index in [1.807, 2.05) is 6.92 Å². The molecular formula is C9H15. The number of hydrogen-bond donors (Lipinski definition) is 0. The first-order valence-corrected chi connectivity index (χ1v) is 3.47. The predicted octanol–water partition coefficient (Wildman–Crippen LogP) is 3.12. The first-order valence-electron chi connectivity index (χ1n) is 3.47. The number of unbranched alkanes of at least 4 members (excludes halogenated alkanes) is 1. The predicted molar refractivity (Wildman–Crippen MR) is 43.2 cm³/mol. The van der Waals surface area contributed by atoms with Gasteiger partial charge in [-0.25, -0.2) is 0 Å². The molecule has 0 heteroatoms. The van der Waals surface area contributed by atoms with Crippen molar-refractivity contribution in [2.75, 3.05) is 0 Å². The fourth-order valence-corrected chi connectivity index (χ4v) is 0.595. The van der Waals surface area contributed by atoms with Gasteiger partial charge in [-0.2, -0.15) is 0 Å². The zero-order valence-electron chi connectivity index (χ0n) is 6.14. The van der Waals surface area contributed by atoms with Crippen molar-refractivity contribution in [3.05, 3.63) is 31.2 Å². The van der Waals surface area contributed by atoms with Crippen molar-refractivity contribution in [3.8, 4) is 0 Å². The van der Waals surface area contributed by atoms with Gasteiger partial charge in [-0.1, -0.05) is 24.3 Å². The second kappa shape index (κ2) is 7.48. The molecule has 0 bridgehead atoms. The molecule has 0 N–H and O–H groups in total. The third-order valence-electron chi connectivity index (χ3n) is 1.07. The number of allylic oxidation sites excluding steroid dienone is 4. The van der Waals surface area contributed by atoms with Crippen molar-refractivity contribution in [3.63, 3.8) is 0 Å². The largest absolute Gasteiger partial charge is 0.0917 e. The first-order chi connectivity index (χ1) is 4.41. The maximum absolute atomic E-state index is 3.70. The minimum atomic E-state index is 0.913. The molecule has 0 atom stereocenters. The van der Waals surface area contributed by atoms with E-state index in [9.17, 15) is 0 Å². The smallest absolute Gasteiger partial charge is 0.0316 e. The lowest BCUT2D eigenvalue weighted by Gasteiger charge is -1.83. The van der Waals surface area contributed by atoms with Gasteiger partial charge in [-0.3, -0.25) is 0 Å². The van der Waals surface area contributed by atoms with Gasteiger partial charge in [0.2, 0.25) is 0 Å². The molecule has 0 heterocycles. The Kier molecular flexibility index (Phi) is 7.05. The zero-order valence-corrected chi connectivity index (χ0v) is 6.14. The van der Waals surface area contributed by atoms with Gasteiger partial charge < -0.3 is 0 Å². The van der Waals surface area contributed by atoms with Crippen LogP contribution in [0.15, 0.2) is 24.3 Å². The van der Waals surface area contributed by atoms with Crippen molar-refractivity contribution < 1.29 is 0 Å². The molecule has 0 aromatic rings. The summed E-state index contributed by atoms with van der Waals surface area (Å²) in [5.74, 6) is 0. The Balaban J connectivity index is 2.99. The fourth-order valence-electron chi connectivity index (χ4n) is 0.595. The lowest BCUT2D eigenvalue weighted by molar-refractivity contribution is 1.04. The molecule has 0 rings (SSSR count). The Labute approximate surface area is 58.3 Å². The van der Waals surface area contributed by atoms with E-state index in [-0.39, 0.29) is 0 Å². The second-order valence-electron chi connectivity index (χ2n) is 1.91. The molecule has 0 fully saturated rings. The van der Waals surface area contributed by atoms with E-state index in [0.717, 1.165) is 19.3 Å². The van der Waals surface area contributed by atoms with Crippen LogP contribution in [0, 0.1) is 6.92 Å². The summed E-state index contributed by atoms with van der Waals surface area (Å²) in [5, 5.41) is 0. The van der Waals surface area contributed by atoms with Crippen LogP contribution >= 0.6 is 0 Å². The Morgan fingerprint density at radius 1 is 1.11 bits per heavy atom. The average Bonchev–Trinajstić information content (AvgIpc) is 1.89. The topological polar surface area (TPSA) is 0 Å². The molecule has 0 nitrogen and oxygen atoms in total. The lowest BCUT2D eigenvalue weighted by atomic mass is 10.2. The van der Waals surface area contributed by atoms with Crippen molar-refractivity contribution in [2.45, 2.75) is 26.2 Å². The van der Waals surface area contributed by atoms with Crippen LogP contribution in [0.5, 0.6) is 0 Å². The Bertz CT molecular complexity index is 88.2. The molecule has 0 aliphatic heterocycles. The highest BCUT2D eigenvalue weighted by Gasteiger charge is 1.72. The van der Waals surface area contributed by atoms with Crippen LogP contribution in [0.2, 0.25) is 0 Å². The third kappa shape index (κ3) is 7.48. The lowest BCUT2D eigenvalue weighted by Crippen LogP contribution is -1.62. The van der Waals surface area contributed by atoms with Crippen LogP contribution < -0.4 is 0 Å². The van der Waals surface area contributed by atoms with E-state index in [4.69, 9.17) is 0 Å². The highest BCUT2D eigenvalue weighted by molar-refractivity contribution is 4.86. The van der Waals surface area contributed by atoms with E-state index >= 15 is 0 Å².